The Morgan fingerprint density at radius 2 is 2.14 bits per heavy atom. The number of morpholine rings is 1. The van der Waals surface area contributed by atoms with E-state index in [0.717, 1.165) is 45.0 Å². The van der Waals surface area contributed by atoms with Gasteiger partial charge in [0, 0.05) is 32.2 Å². The Morgan fingerprint density at radius 3 is 2.81 bits per heavy atom. The van der Waals surface area contributed by atoms with Gasteiger partial charge in [-0.05, 0) is 35.2 Å². The van der Waals surface area contributed by atoms with Gasteiger partial charge in [0.15, 0.2) is 0 Å². The van der Waals surface area contributed by atoms with Crippen LogP contribution in [-0.2, 0) is 9.53 Å². The predicted molar refractivity (Wildman–Crippen MR) is 84.7 cm³/mol. The van der Waals surface area contributed by atoms with Crippen LogP contribution in [0.1, 0.15) is 25.3 Å². The summed E-state index contributed by atoms with van der Waals surface area (Å²) in [7, 11) is 0. The maximum Gasteiger partial charge on any atom is 0.229 e. The minimum Gasteiger partial charge on any atom is -0.379 e. The number of thiophene rings is 1. The van der Waals surface area contributed by atoms with Crippen molar-refractivity contribution in [3.05, 3.63) is 22.4 Å². The van der Waals surface area contributed by atoms with Gasteiger partial charge in [0.25, 0.3) is 0 Å². The zero-order valence-corrected chi connectivity index (χ0v) is 13.6. The molecular weight excluding hydrogens is 284 g/mol. The minimum atomic E-state index is -0.0214. The molecule has 1 amide bonds. The number of rotatable bonds is 3. The van der Waals surface area contributed by atoms with Crippen LogP contribution in [0.5, 0.6) is 0 Å². The number of likely N-dealkylation sites (tertiary alicyclic amines) is 1. The van der Waals surface area contributed by atoms with E-state index in [1.54, 1.807) is 11.3 Å². The summed E-state index contributed by atoms with van der Waals surface area (Å²) >= 11 is 1.66. The lowest BCUT2D eigenvalue weighted by molar-refractivity contribution is -0.131. The Balaban J connectivity index is 1.63. The third-order valence-corrected chi connectivity index (χ3v) is 5.51. The summed E-state index contributed by atoms with van der Waals surface area (Å²) in [5.74, 6) is 0.796. The molecule has 2 aliphatic rings. The lowest BCUT2D eigenvalue weighted by Crippen LogP contribution is -2.47. The smallest absolute Gasteiger partial charge is 0.229 e. The van der Waals surface area contributed by atoms with Crippen LogP contribution in [-0.4, -0.2) is 61.1 Å². The van der Waals surface area contributed by atoms with Crippen LogP contribution in [0.25, 0.3) is 0 Å². The van der Waals surface area contributed by atoms with Crippen LogP contribution in [0, 0.1) is 5.92 Å². The van der Waals surface area contributed by atoms with Crippen molar-refractivity contribution in [3.8, 4) is 0 Å². The van der Waals surface area contributed by atoms with Crippen molar-refractivity contribution in [2.24, 2.45) is 5.92 Å². The van der Waals surface area contributed by atoms with Gasteiger partial charge in [-0.2, -0.15) is 11.3 Å². The molecule has 116 valence electrons. The molecule has 0 spiro atoms. The lowest BCUT2D eigenvalue weighted by atomic mass is 10.0. The first-order valence-electron chi connectivity index (χ1n) is 7.79. The summed E-state index contributed by atoms with van der Waals surface area (Å²) in [6, 6.07) is 2.55. The number of carbonyl (C=O) groups excluding carboxylic acids is 1. The van der Waals surface area contributed by atoms with Gasteiger partial charge in [-0.15, -0.1) is 0 Å². The Labute approximate surface area is 130 Å². The summed E-state index contributed by atoms with van der Waals surface area (Å²) in [6.45, 7) is 9.68. The molecule has 3 atom stereocenters. The van der Waals surface area contributed by atoms with Crippen LogP contribution < -0.4 is 0 Å². The van der Waals surface area contributed by atoms with E-state index in [4.69, 9.17) is 4.74 Å². The highest BCUT2D eigenvalue weighted by atomic mass is 32.1. The van der Waals surface area contributed by atoms with Crippen LogP contribution in [0.2, 0.25) is 0 Å². The van der Waals surface area contributed by atoms with Crippen molar-refractivity contribution in [1.82, 2.24) is 9.80 Å². The molecule has 0 aromatic carbocycles. The highest BCUT2D eigenvalue weighted by Gasteiger charge is 2.37. The summed E-state index contributed by atoms with van der Waals surface area (Å²) in [5.41, 5.74) is 1.15. The predicted octanol–water partition coefficient (Wildman–Crippen LogP) is 2.03. The molecule has 0 N–H and O–H groups in total. The molecule has 1 aromatic rings. The monoisotopic (exact) mass is 308 g/mol. The largest absolute Gasteiger partial charge is 0.379 e. The first kappa shape index (κ1) is 15.0. The fraction of sp³-hybridized carbons (Fsp3) is 0.688. The van der Waals surface area contributed by atoms with Gasteiger partial charge in [0.2, 0.25) is 5.91 Å². The summed E-state index contributed by atoms with van der Waals surface area (Å²) in [6.07, 6.45) is 0. The maximum atomic E-state index is 12.7. The van der Waals surface area contributed by atoms with E-state index < -0.39 is 0 Å². The summed E-state index contributed by atoms with van der Waals surface area (Å²) in [5, 5.41) is 4.13. The molecule has 5 heteroatoms. The highest BCUT2D eigenvalue weighted by molar-refractivity contribution is 7.08. The highest BCUT2D eigenvalue weighted by Crippen LogP contribution is 2.27. The second-order valence-corrected chi connectivity index (χ2v) is 6.99. The molecule has 4 nitrogen and oxygen atoms in total. The Kier molecular flexibility index (Phi) is 4.62. The third kappa shape index (κ3) is 3.15. The van der Waals surface area contributed by atoms with Crippen LogP contribution in [0.15, 0.2) is 16.8 Å². The number of nitrogens with zero attached hydrogens (tertiary/aromatic N) is 2. The molecular formula is C16H24N2O2S. The molecule has 2 fully saturated rings. The first-order chi connectivity index (χ1) is 10.2. The average Bonchev–Trinajstić information content (AvgIpc) is 3.16. The van der Waals surface area contributed by atoms with E-state index in [9.17, 15) is 4.79 Å². The number of hydrogen-bond acceptors (Lipinski definition) is 4. The molecule has 2 saturated heterocycles. The van der Waals surface area contributed by atoms with Crippen LogP contribution >= 0.6 is 11.3 Å². The zero-order valence-electron chi connectivity index (χ0n) is 12.8. The van der Waals surface area contributed by atoms with Crippen LogP contribution in [0.4, 0.5) is 0 Å². The van der Waals surface area contributed by atoms with Crippen molar-refractivity contribution in [3.63, 3.8) is 0 Å². The van der Waals surface area contributed by atoms with E-state index >= 15 is 0 Å². The van der Waals surface area contributed by atoms with E-state index in [1.165, 1.54) is 0 Å². The lowest BCUT2D eigenvalue weighted by Gasteiger charge is -2.34. The fourth-order valence-corrected chi connectivity index (χ4v) is 4.21. The van der Waals surface area contributed by atoms with Gasteiger partial charge in [-0.1, -0.05) is 6.92 Å². The average molecular weight is 308 g/mol. The van der Waals surface area contributed by atoms with E-state index in [1.807, 2.05) is 12.3 Å². The van der Waals surface area contributed by atoms with Gasteiger partial charge >= 0.3 is 0 Å². The van der Waals surface area contributed by atoms with Gasteiger partial charge in [-0.3, -0.25) is 9.69 Å². The van der Waals surface area contributed by atoms with Crippen molar-refractivity contribution in [2.45, 2.75) is 25.8 Å². The minimum absolute atomic E-state index is 0.0214. The molecule has 0 bridgehead atoms. The topological polar surface area (TPSA) is 32.8 Å². The zero-order chi connectivity index (χ0) is 14.8. The maximum absolute atomic E-state index is 12.7. The molecule has 0 saturated carbocycles. The van der Waals surface area contributed by atoms with Crippen molar-refractivity contribution >= 4 is 17.2 Å². The SMILES string of the molecule is C[C@H](C(=O)N1C[C@@H](C)[C@@H](N2CCOCC2)C1)c1ccsc1. The van der Waals surface area contributed by atoms with Crippen LogP contribution in [0.3, 0.4) is 0 Å². The second kappa shape index (κ2) is 6.46. The van der Waals surface area contributed by atoms with Gasteiger partial charge in [-0.25, -0.2) is 0 Å². The molecule has 0 unspecified atom stereocenters. The number of amides is 1. The molecule has 3 rings (SSSR count). The molecule has 1 aromatic heterocycles. The van der Waals surface area contributed by atoms with E-state index in [-0.39, 0.29) is 11.8 Å². The second-order valence-electron chi connectivity index (χ2n) is 6.21. The van der Waals surface area contributed by atoms with Gasteiger partial charge < -0.3 is 9.64 Å². The number of carbonyl (C=O) groups is 1. The Bertz CT molecular complexity index is 471. The summed E-state index contributed by atoms with van der Waals surface area (Å²) in [4.78, 5) is 17.3. The van der Waals surface area contributed by atoms with E-state index in [0.29, 0.717) is 12.0 Å². The fourth-order valence-electron chi connectivity index (χ4n) is 3.45. The molecule has 3 heterocycles. The van der Waals surface area contributed by atoms with Crippen molar-refractivity contribution in [1.29, 1.82) is 0 Å². The quantitative estimate of drug-likeness (QED) is 0.856. The molecule has 0 radical (unpaired) electrons. The number of ether oxygens (including phenoxy) is 1. The first-order valence-corrected chi connectivity index (χ1v) is 8.73. The van der Waals surface area contributed by atoms with Crippen molar-refractivity contribution in [2.75, 3.05) is 39.4 Å². The Hall–Kier alpha value is -0.910. The standard InChI is InChI=1S/C16H24N2O2S/c1-12-9-18(10-15(12)17-4-6-20-7-5-17)16(19)13(2)14-3-8-21-11-14/h3,8,11-13,15H,4-7,9-10H2,1-2H3/t12-,13+,15+/m1/s1. The Morgan fingerprint density at radius 1 is 1.38 bits per heavy atom. The van der Waals surface area contributed by atoms with Gasteiger partial charge in [0.05, 0.1) is 19.1 Å². The molecule has 0 aliphatic carbocycles. The summed E-state index contributed by atoms with van der Waals surface area (Å²) < 4.78 is 5.43. The normalized spacial score (nSPS) is 28.8. The third-order valence-electron chi connectivity index (χ3n) is 4.81. The van der Waals surface area contributed by atoms with E-state index in [2.05, 4.69) is 28.2 Å². The molecule has 21 heavy (non-hydrogen) atoms. The number of hydrogen-bond donors (Lipinski definition) is 0. The van der Waals surface area contributed by atoms with Gasteiger partial charge in [0.1, 0.15) is 0 Å². The molecule has 2 aliphatic heterocycles. The van der Waals surface area contributed by atoms with Crippen molar-refractivity contribution < 1.29 is 9.53 Å².